The molecule has 0 radical (unpaired) electrons. The monoisotopic (exact) mass is 629 g/mol. The lowest BCUT2D eigenvalue weighted by atomic mass is 9.92. The summed E-state index contributed by atoms with van der Waals surface area (Å²) in [6.07, 6.45) is -3.94. The number of hydrogen-bond acceptors (Lipinski definition) is 6. The number of amides is 1. The zero-order valence-corrected chi connectivity index (χ0v) is 24.9. The molecule has 234 valence electrons. The number of morpholine rings is 1. The van der Waals surface area contributed by atoms with Crippen molar-refractivity contribution in [3.8, 4) is 5.75 Å². The molecular weight excluding hydrogens is 595 g/mol. The van der Waals surface area contributed by atoms with Gasteiger partial charge in [0.05, 0.1) is 42.4 Å². The third-order valence-electron chi connectivity index (χ3n) is 8.47. The van der Waals surface area contributed by atoms with Gasteiger partial charge in [-0.1, -0.05) is 42.5 Å². The van der Waals surface area contributed by atoms with Crippen LogP contribution in [0.5, 0.6) is 5.75 Å². The summed E-state index contributed by atoms with van der Waals surface area (Å²) in [4.78, 5) is 15.4. The first-order valence-corrected chi connectivity index (χ1v) is 16.2. The molecular formula is C32H34F3N3O5S. The maximum absolute atomic E-state index is 13.8. The summed E-state index contributed by atoms with van der Waals surface area (Å²) in [7, 11) is -4.36. The highest BCUT2D eigenvalue weighted by Gasteiger charge is 2.39. The molecule has 3 aromatic rings. The normalized spacial score (nSPS) is 21.2. The van der Waals surface area contributed by atoms with Gasteiger partial charge < -0.3 is 14.8 Å². The number of fused-ring (bicyclic) bond motifs is 2. The number of rotatable bonds is 7. The SMILES string of the molecule is O=C(CC1c2ccccc2CCN1S(=O)(=O)c1cccc(C(F)(F)F)c1)N[C@@H]1CCOc2cc(CN3CCOCC3)ccc21. The van der Waals surface area contributed by atoms with E-state index in [0.717, 1.165) is 54.5 Å². The number of nitrogens with one attached hydrogen (secondary N) is 1. The van der Waals surface area contributed by atoms with Crippen LogP contribution < -0.4 is 10.1 Å². The average molecular weight is 630 g/mol. The molecule has 3 heterocycles. The number of nitrogens with zero attached hydrogens (tertiary/aromatic N) is 2. The molecule has 1 unspecified atom stereocenters. The van der Waals surface area contributed by atoms with Crippen molar-refractivity contribution in [3.63, 3.8) is 0 Å². The first-order valence-electron chi connectivity index (χ1n) is 14.7. The summed E-state index contributed by atoms with van der Waals surface area (Å²) in [5.41, 5.74) is 2.49. The molecule has 0 saturated carbocycles. The highest BCUT2D eigenvalue weighted by atomic mass is 32.2. The van der Waals surface area contributed by atoms with E-state index in [9.17, 15) is 26.4 Å². The van der Waals surface area contributed by atoms with E-state index in [2.05, 4.69) is 10.2 Å². The van der Waals surface area contributed by atoms with Gasteiger partial charge in [0.2, 0.25) is 15.9 Å². The van der Waals surface area contributed by atoms with Gasteiger partial charge in [0.25, 0.3) is 0 Å². The van der Waals surface area contributed by atoms with Crippen molar-refractivity contribution < 1.29 is 35.9 Å². The quantitative estimate of drug-likeness (QED) is 0.402. The van der Waals surface area contributed by atoms with Crippen LogP contribution in [0.3, 0.4) is 0 Å². The summed E-state index contributed by atoms with van der Waals surface area (Å²) in [5, 5.41) is 3.08. The van der Waals surface area contributed by atoms with E-state index >= 15 is 0 Å². The highest BCUT2D eigenvalue weighted by molar-refractivity contribution is 7.89. The minimum Gasteiger partial charge on any atom is -0.493 e. The molecule has 1 saturated heterocycles. The fraction of sp³-hybridized carbons (Fsp3) is 0.406. The van der Waals surface area contributed by atoms with Crippen LogP contribution in [0.1, 0.15) is 52.7 Å². The van der Waals surface area contributed by atoms with E-state index in [4.69, 9.17) is 9.47 Å². The number of halogens is 3. The predicted octanol–water partition coefficient (Wildman–Crippen LogP) is 4.86. The first-order chi connectivity index (χ1) is 21.1. The maximum Gasteiger partial charge on any atom is 0.416 e. The van der Waals surface area contributed by atoms with Crippen molar-refractivity contribution in [2.24, 2.45) is 0 Å². The van der Waals surface area contributed by atoms with E-state index in [-0.39, 0.29) is 24.9 Å². The molecule has 3 aromatic carbocycles. The van der Waals surface area contributed by atoms with Crippen molar-refractivity contribution in [1.29, 1.82) is 0 Å². The fourth-order valence-electron chi connectivity index (χ4n) is 6.22. The third-order valence-corrected chi connectivity index (χ3v) is 10.4. The van der Waals surface area contributed by atoms with Gasteiger partial charge in [0, 0.05) is 44.6 Å². The summed E-state index contributed by atoms with van der Waals surface area (Å²) in [5.74, 6) is 0.357. The number of sulfonamides is 1. The van der Waals surface area contributed by atoms with Gasteiger partial charge in [-0.3, -0.25) is 9.69 Å². The Hall–Kier alpha value is -3.45. The molecule has 8 nitrogen and oxygen atoms in total. The average Bonchev–Trinajstić information content (AvgIpc) is 3.01. The minimum absolute atomic E-state index is 0.0412. The molecule has 1 fully saturated rings. The standard InChI is InChI=1S/C32H34F3N3O5S/c33-32(34,35)24-5-3-6-25(19-24)44(40,41)38-12-10-23-4-1-2-7-26(23)29(38)20-31(39)36-28-11-15-43-30-18-22(8-9-27(28)30)21-37-13-16-42-17-14-37/h1-9,18-19,28-29H,10-17,20-21H2,(H,36,39)/t28-,29?/m1/s1. The Balaban J connectivity index is 1.22. The number of carbonyl (C=O) groups excluding carboxylic acids is 1. The molecule has 6 rings (SSSR count). The molecule has 3 aliphatic rings. The molecule has 0 aromatic heterocycles. The van der Waals surface area contributed by atoms with E-state index in [1.165, 1.54) is 4.31 Å². The lowest BCUT2D eigenvalue weighted by Gasteiger charge is -2.36. The van der Waals surface area contributed by atoms with Crippen LogP contribution >= 0.6 is 0 Å². The van der Waals surface area contributed by atoms with E-state index in [0.29, 0.717) is 50.0 Å². The molecule has 1 N–H and O–H groups in total. The number of benzene rings is 3. The van der Waals surface area contributed by atoms with E-state index in [1.54, 1.807) is 12.1 Å². The van der Waals surface area contributed by atoms with Crippen LogP contribution in [0.4, 0.5) is 13.2 Å². The zero-order chi connectivity index (χ0) is 30.9. The molecule has 44 heavy (non-hydrogen) atoms. The van der Waals surface area contributed by atoms with Crippen LogP contribution in [-0.2, 0) is 38.7 Å². The first kappa shape index (κ1) is 30.6. The smallest absolute Gasteiger partial charge is 0.416 e. The lowest BCUT2D eigenvalue weighted by Crippen LogP contribution is -2.43. The molecule has 0 aliphatic carbocycles. The molecule has 12 heteroatoms. The second-order valence-corrected chi connectivity index (χ2v) is 13.2. The Morgan fingerprint density at radius 1 is 0.932 bits per heavy atom. The van der Waals surface area contributed by atoms with E-state index in [1.807, 2.05) is 30.3 Å². The number of carbonyl (C=O) groups is 1. The summed E-state index contributed by atoms with van der Waals surface area (Å²) in [6.45, 7) is 4.37. The van der Waals surface area contributed by atoms with Gasteiger partial charge in [0.1, 0.15) is 5.75 Å². The molecule has 3 aliphatic heterocycles. The Bertz CT molecular complexity index is 1630. The van der Waals surface area contributed by atoms with Gasteiger partial charge >= 0.3 is 6.18 Å². The molecule has 1 amide bonds. The minimum atomic E-state index is -4.69. The van der Waals surface area contributed by atoms with Gasteiger partial charge in [0.15, 0.2) is 0 Å². The van der Waals surface area contributed by atoms with Gasteiger partial charge in [-0.2, -0.15) is 17.5 Å². The number of hydrogen-bond donors (Lipinski definition) is 1. The maximum atomic E-state index is 13.8. The predicted molar refractivity (Wildman–Crippen MR) is 156 cm³/mol. The van der Waals surface area contributed by atoms with E-state index < -0.39 is 32.7 Å². The van der Waals surface area contributed by atoms with Gasteiger partial charge in [-0.15, -0.1) is 0 Å². The second-order valence-electron chi connectivity index (χ2n) is 11.3. The van der Waals surface area contributed by atoms with Crippen LogP contribution in [0.15, 0.2) is 71.6 Å². The second kappa shape index (κ2) is 12.5. The Kier molecular flexibility index (Phi) is 8.69. The number of ether oxygens (including phenoxy) is 2. The lowest BCUT2D eigenvalue weighted by molar-refractivity contribution is -0.137. The number of alkyl halides is 3. The molecule has 2 atom stereocenters. The van der Waals surface area contributed by atoms with Crippen molar-refractivity contribution in [2.75, 3.05) is 39.5 Å². The van der Waals surface area contributed by atoms with Crippen LogP contribution in [-0.4, -0.2) is 63.0 Å². The fourth-order valence-corrected chi connectivity index (χ4v) is 7.88. The Morgan fingerprint density at radius 3 is 2.52 bits per heavy atom. The third kappa shape index (κ3) is 6.49. The Labute approximate surface area is 254 Å². The molecule has 0 spiro atoms. The van der Waals surface area contributed by atoms with Crippen LogP contribution in [0.2, 0.25) is 0 Å². The van der Waals surface area contributed by atoms with Crippen LogP contribution in [0.25, 0.3) is 0 Å². The summed E-state index contributed by atoms with van der Waals surface area (Å²) >= 11 is 0. The van der Waals surface area contributed by atoms with Crippen molar-refractivity contribution in [3.05, 3.63) is 94.5 Å². The van der Waals surface area contributed by atoms with Crippen molar-refractivity contribution in [2.45, 2.75) is 49.0 Å². The largest absolute Gasteiger partial charge is 0.493 e. The molecule has 0 bridgehead atoms. The summed E-state index contributed by atoms with van der Waals surface area (Å²) < 4.78 is 80.4. The Morgan fingerprint density at radius 2 is 1.73 bits per heavy atom. The van der Waals surface area contributed by atoms with Crippen molar-refractivity contribution >= 4 is 15.9 Å². The zero-order valence-electron chi connectivity index (χ0n) is 24.1. The van der Waals surface area contributed by atoms with Gasteiger partial charge in [-0.05, 0) is 47.4 Å². The van der Waals surface area contributed by atoms with Crippen LogP contribution in [0, 0.1) is 0 Å². The topological polar surface area (TPSA) is 88.2 Å². The van der Waals surface area contributed by atoms with Gasteiger partial charge in [-0.25, -0.2) is 8.42 Å². The summed E-state index contributed by atoms with van der Waals surface area (Å²) in [6, 6.07) is 15.8. The van der Waals surface area contributed by atoms with Crippen molar-refractivity contribution in [1.82, 2.24) is 14.5 Å². The highest BCUT2D eigenvalue weighted by Crippen LogP contribution is 2.39.